The smallest absolute Gasteiger partial charge is 0.287 e. The van der Waals surface area contributed by atoms with Crippen LogP contribution in [0.3, 0.4) is 0 Å². The van der Waals surface area contributed by atoms with Crippen LogP contribution in [0.5, 0.6) is 0 Å². The van der Waals surface area contributed by atoms with Crippen LogP contribution in [0.4, 0.5) is 0 Å². The molecule has 3 rings (SSSR count). The number of hydrogen-bond acceptors (Lipinski definition) is 4. The van der Waals surface area contributed by atoms with Crippen LogP contribution in [-0.4, -0.2) is 25.5 Å². The Balaban J connectivity index is 1.66. The predicted octanol–water partition coefficient (Wildman–Crippen LogP) is 2.54. The topological polar surface area (TPSA) is 77.9 Å². The van der Waals surface area contributed by atoms with E-state index in [1.165, 1.54) is 0 Å². The van der Waals surface area contributed by atoms with E-state index in [9.17, 15) is 4.79 Å². The first-order valence-electron chi connectivity index (χ1n) is 7.97. The molecule has 7 heteroatoms. The molecule has 0 aromatic carbocycles. The van der Waals surface area contributed by atoms with Crippen LogP contribution < -0.4 is 5.32 Å². The van der Waals surface area contributed by atoms with Crippen LogP contribution in [0.1, 0.15) is 47.5 Å². The summed E-state index contributed by atoms with van der Waals surface area (Å²) in [6.45, 7) is 7.22. The number of carbonyl (C=O) groups excluding carboxylic acids is 1. The maximum atomic E-state index is 12.4. The first kappa shape index (κ1) is 16.0. The highest BCUT2D eigenvalue weighted by atomic mass is 16.4. The summed E-state index contributed by atoms with van der Waals surface area (Å²) in [6, 6.07) is 5.18. The first-order valence-corrected chi connectivity index (χ1v) is 7.97. The molecule has 0 saturated carbocycles. The Labute approximate surface area is 140 Å². The number of hydrogen-bond donors (Lipinski definition) is 1. The van der Waals surface area contributed by atoms with E-state index in [0.29, 0.717) is 18.1 Å². The third-order valence-corrected chi connectivity index (χ3v) is 3.88. The number of nitrogens with one attached hydrogen (secondary N) is 1. The van der Waals surface area contributed by atoms with Gasteiger partial charge in [-0.05, 0) is 39.0 Å². The highest BCUT2D eigenvalue weighted by molar-refractivity contribution is 5.91. The van der Waals surface area contributed by atoms with Crippen molar-refractivity contribution in [1.29, 1.82) is 0 Å². The Hall–Kier alpha value is -2.83. The SMILES string of the molecule is CCn1cc(C(C)NC(=O)c2ccc(Cn3cccn3)o2)c(C)n1. The highest BCUT2D eigenvalue weighted by Gasteiger charge is 2.18. The van der Waals surface area contributed by atoms with Crippen LogP contribution >= 0.6 is 0 Å². The zero-order valence-corrected chi connectivity index (χ0v) is 14.1. The molecule has 126 valence electrons. The van der Waals surface area contributed by atoms with E-state index in [2.05, 4.69) is 15.5 Å². The van der Waals surface area contributed by atoms with Crippen LogP contribution in [0.15, 0.2) is 41.2 Å². The molecule has 1 atom stereocenters. The summed E-state index contributed by atoms with van der Waals surface area (Å²) in [4.78, 5) is 12.4. The highest BCUT2D eigenvalue weighted by Crippen LogP contribution is 2.17. The van der Waals surface area contributed by atoms with Gasteiger partial charge in [0.2, 0.25) is 0 Å². The van der Waals surface area contributed by atoms with E-state index in [4.69, 9.17) is 4.42 Å². The second-order valence-electron chi connectivity index (χ2n) is 5.69. The molecule has 0 bridgehead atoms. The van der Waals surface area contributed by atoms with Gasteiger partial charge in [0.05, 0.1) is 18.3 Å². The van der Waals surface area contributed by atoms with E-state index >= 15 is 0 Å². The fourth-order valence-corrected chi connectivity index (χ4v) is 2.60. The Morgan fingerprint density at radius 2 is 2.21 bits per heavy atom. The molecule has 24 heavy (non-hydrogen) atoms. The molecule has 3 aromatic rings. The van der Waals surface area contributed by atoms with E-state index < -0.39 is 0 Å². The molecule has 0 saturated heterocycles. The summed E-state index contributed by atoms with van der Waals surface area (Å²) in [5.74, 6) is 0.744. The fourth-order valence-electron chi connectivity index (χ4n) is 2.60. The van der Waals surface area contributed by atoms with Gasteiger partial charge in [0.1, 0.15) is 5.76 Å². The number of rotatable bonds is 6. The summed E-state index contributed by atoms with van der Waals surface area (Å²) >= 11 is 0. The normalized spacial score (nSPS) is 12.3. The van der Waals surface area contributed by atoms with E-state index in [-0.39, 0.29) is 11.9 Å². The quantitative estimate of drug-likeness (QED) is 0.755. The molecule has 7 nitrogen and oxygen atoms in total. The molecule has 0 fully saturated rings. The molecule has 3 aromatic heterocycles. The van der Waals surface area contributed by atoms with Crippen molar-refractivity contribution in [3.8, 4) is 0 Å². The number of aryl methyl sites for hydroxylation is 2. The van der Waals surface area contributed by atoms with Crippen LogP contribution in [0.25, 0.3) is 0 Å². The van der Waals surface area contributed by atoms with Gasteiger partial charge in [0.25, 0.3) is 5.91 Å². The van der Waals surface area contributed by atoms with Gasteiger partial charge in [-0.1, -0.05) is 0 Å². The van der Waals surface area contributed by atoms with Crippen LogP contribution in [0.2, 0.25) is 0 Å². The zero-order valence-electron chi connectivity index (χ0n) is 14.1. The third-order valence-electron chi connectivity index (χ3n) is 3.88. The average molecular weight is 327 g/mol. The molecule has 1 amide bonds. The largest absolute Gasteiger partial charge is 0.454 e. The lowest BCUT2D eigenvalue weighted by Crippen LogP contribution is -2.26. The lowest BCUT2D eigenvalue weighted by atomic mass is 10.1. The number of amides is 1. The summed E-state index contributed by atoms with van der Waals surface area (Å²) in [5.41, 5.74) is 1.93. The number of furan rings is 1. The lowest BCUT2D eigenvalue weighted by Gasteiger charge is -2.12. The van der Waals surface area contributed by atoms with Gasteiger partial charge in [-0.3, -0.25) is 14.2 Å². The Bertz CT molecular complexity index is 816. The molecule has 0 aliphatic rings. The Morgan fingerprint density at radius 3 is 2.88 bits per heavy atom. The fraction of sp³-hybridized carbons (Fsp3) is 0.353. The van der Waals surface area contributed by atoms with Crippen molar-refractivity contribution in [2.24, 2.45) is 0 Å². The van der Waals surface area contributed by atoms with E-state index in [1.807, 2.05) is 43.9 Å². The van der Waals surface area contributed by atoms with Crippen molar-refractivity contribution in [1.82, 2.24) is 24.9 Å². The van der Waals surface area contributed by atoms with E-state index in [0.717, 1.165) is 17.8 Å². The average Bonchev–Trinajstić information content (AvgIpc) is 3.28. The van der Waals surface area contributed by atoms with E-state index in [1.54, 1.807) is 23.0 Å². The minimum absolute atomic E-state index is 0.141. The molecule has 3 heterocycles. The Kier molecular flexibility index (Phi) is 4.50. The van der Waals surface area contributed by atoms with Crippen molar-refractivity contribution < 1.29 is 9.21 Å². The van der Waals surface area contributed by atoms with Gasteiger partial charge in [-0.15, -0.1) is 0 Å². The van der Waals surface area contributed by atoms with Crippen molar-refractivity contribution in [3.05, 3.63) is 59.6 Å². The van der Waals surface area contributed by atoms with Gasteiger partial charge in [-0.2, -0.15) is 10.2 Å². The summed E-state index contributed by atoms with van der Waals surface area (Å²) in [6.07, 6.45) is 5.51. The standard InChI is InChI=1S/C17H21N5O2/c1-4-21-11-15(13(3)20-21)12(2)19-17(23)16-7-6-14(24-16)10-22-9-5-8-18-22/h5-9,11-12H,4,10H2,1-3H3,(H,19,23). The number of carbonyl (C=O) groups is 1. The van der Waals surface area contributed by atoms with Crippen molar-refractivity contribution >= 4 is 5.91 Å². The summed E-state index contributed by atoms with van der Waals surface area (Å²) < 4.78 is 9.22. The predicted molar refractivity (Wildman–Crippen MR) is 88.6 cm³/mol. The molecule has 1 unspecified atom stereocenters. The maximum Gasteiger partial charge on any atom is 0.287 e. The third kappa shape index (κ3) is 3.40. The maximum absolute atomic E-state index is 12.4. The first-order chi connectivity index (χ1) is 11.6. The number of aromatic nitrogens is 4. The second-order valence-corrected chi connectivity index (χ2v) is 5.69. The van der Waals surface area contributed by atoms with Crippen molar-refractivity contribution in [3.63, 3.8) is 0 Å². The molecule has 0 spiro atoms. The molecular weight excluding hydrogens is 306 g/mol. The van der Waals surface area contributed by atoms with Gasteiger partial charge in [0, 0.05) is 30.7 Å². The second kappa shape index (κ2) is 6.74. The Morgan fingerprint density at radius 1 is 1.38 bits per heavy atom. The molecule has 0 aliphatic carbocycles. The van der Waals surface area contributed by atoms with Gasteiger partial charge in [0.15, 0.2) is 5.76 Å². The minimum Gasteiger partial charge on any atom is -0.454 e. The van der Waals surface area contributed by atoms with Crippen molar-refractivity contribution in [2.45, 2.75) is 39.9 Å². The van der Waals surface area contributed by atoms with Crippen LogP contribution in [-0.2, 0) is 13.1 Å². The molecule has 0 aliphatic heterocycles. The van der Waals surface area contributed by atoms with Crippen LogP contribution in [0, 0.1) is 6.92 Å². The molecule has 0 radical (unpaired) electrons. The minimum atomic E-state index is -0.238. The monoisotopic (exact) mass is 327 g/mol. The van der Waals surface area contributed by atoms with Crippen molar-refractivity contribution in [2.75, 3.05) is 0 Å². The number of nitrogens with zero attached hydrogens (tertiary/aromatic N) is 4. The van der Waals surface area contributed by atoms with Gasteiger partial charge in [-0.25, -0.2) is 0 Å². The summed E-state index contributed by atoms with van der Waals surface area (Å²) in [7, 11) is 0. The summed E-state index contributed by atoms with van der Waals surface area (Å²) in [5, 5.41) is 11.5. The zero-order chi connectivity index (χ0) is 17.1. The van der Waals surface area contributed by atoms with Gasteiger partial charge < -0.3 is 9.73 Å². The molecular formula is C17H21N5O2. The molecule has 1 N–H and O–H groups in total. The lowest BCUT2D eigenvalue weighted by molar-refractivity contribution is 0.0909. The van der Waals surface area contributed by atoms with Gasteiger partial charge >= 0.3 is 0 Å².